The van der Waals surface area contributed by atoms with Gasteiger partial charge < -0.3 is 36.1 Å². The molecular weight excluding hydrogens is 494 g/mol. The van der Waals surface area contributed by atoms with Gasteiger partial charge in [-0.1, -0.05) is 42.5 Å². The van der Waals surface area contributed by atoms with Gasteiger partial charge >= 0.3 is 6.03 Å². The fraction of sp³-hybridized carbons (Fsp3) is 0.280. The van der Waals surface area contributed by atoms with Crippen LogP contribution >= 0.6 is 0 Å². The van der Waals surface area contributed by atoms with Crippen molar-refractivity contribution >= 4 is 29.3 Å². The zero-order chi connectivity index (χ0) is 26.8. The molecule has 198 valence electrons. The molecule has 2 aromatic carbocycles. The zero-order valence-electron chi connectivity index (χ0n) is 20.2. The highest BCUT2D eigenvalue weighted by Gasteiger charge is 2.49. The fourth-order valence-electron chi connectivity index (χ4n) is 4.44. The molecule has 3 heterocycles. The van der Waals surface area contributed by atoms with Crippen molar-refractivity contribution in [2.75, 3.05) is 28.7 Å². The summed E-state index contributed by atoms with van der Waals surface area (Å²) in [5, 5.41) is 23.2. The number of benzene rings is 2. The van der Waals surface area contributed by atoms with Crippen molar-refractivity contribution in [3.05, 3.63) is 72.1 Å². The van der Waals surface area contributed by atoms with Crippen molar-refractivity contribution in [1.82, 2.24) is 15.3 Å². The van der Waals surface area contributed by atoms with Gasteiger partial charge in [-0.2, -0.15) is 0 Å². The Kier molecular flexibility index (Phi) is 7.07. The van der Waals surface area contributed by atoms with Gasteiger partial charge in [0.1, 0.15) is 49.4 Å². The van der Waals surface area contributed by atoms with Crippen LogP contribution in [0, 0.1) is 0 Å². The Morgan fingerprint density at radius 2 is 1.82 bits per heavy atom. The monoisotopic (exact) mass is 521 g/mol. The van der Waals surface area contributed by atoms with E-state index in [9.17, 15) is 19.8 Å². The number of hydrogen-bond donors (Lipinski definition) is 5. The molecule has 0 bridgehead atoms. The summed E-state index contributed by atoms with van der Waals surface area (Å²) in [5.74, 6) is -0.210. The number of aliphatic hydroxyl groups is 2. The van der Waals surface area contributed by atoms with Crippen LogP contribution < -0.4 is 31.3 Å². The second-order valence-corrected chi connectivity index (χ2v) is 8.78. The topological polar surface area (TPSA) is 189 Å². The molecule has 38 heavy (non-hydrogen) atoms. The first-order valence-corrected chi connectivity index (χ1v) is 11.9. The van der Waals surface area contributed by atoms with Gasteiger partial charge in [0.05, 0.1) is 5.56 Å². The number of ether oxygens (including phenoxy) is 2. The summed E-state index contributed by atoms with van der Waals surface area (Å²) in [7, 11) is 0. The summed E-state index contributed by atoms with van der Waals surface area (Å²) in [5.41, 5.74) is 12.9. The molecule has 7 N–H and O–H groups in total. The van der Waals surface area contributed by atoms with Gasteiger partial charge in [-0.15, -0.1) is 0 Å². The number of nitrogen functional groups attached to an aromatic ring is 1. The number of carbonyl (C=O) groups excluding carboxylic acids is 2. The number of amides is 3. The maximum Gasteiger partial charge on any atom is 0.330 e. The number of rotatable bonds is 6. The van der Waals surface area contributed by atoms with Gasteiger partial charge in [0, 0.05) is 6.54 Å². The highest BCUT2D eigenvalue weighted by atomic mass is 16.6. The second kappa shape index (κ2) is 10.6. The van der Waals surface area contributed by atoms with Gasteiger partial charge in [0.15, 0.2) is 17.9 Å². The van der Waals surface area contributed by atoms with E-state index < -0.39 is 36.5 Å². The number of para-hydroxylation sites is 1. The number of aliphatic hydroxyl groups excluding tert-OH is 2. The standard InChI is InChI=1S/C25H27N7O6/c26-10-17-19(33)20(34)24(38-17)32-13-31(18-21(27)28-12-29-22(18)32)25(36)30-23(35)15-8-4-5-9-16(15)37-11-14-6-2-1-3-7-14/h1-9,12,17,19-20,24,33-34H,10-11,13,26H2,(H2,27,28,29)(H,30,35,36)/t17-,19?,20?,24-/m1/s1. The fourth-order valence-corrected chi connectivity index (χ4v) is 4.44. The van der Waals surface area contributed by atoms with Crippen molar-refractivity contribution in [2.45, 2.75) is 31.1 Å². The number of aromatic nitrogens is 2. The number of nitrogens with two attached hydrogens (primary N) is 2. The molecular formula is C25H27N7O6. The van der Waals surface area contributed by atoms with Crippen molar-refractivity contribution < 1.29 is 29.3 Å². The maximum absolute atomic E-state index is 13.3. The van der Waals surface area contributed by atoms with E-state index in [-0.39, 0.29) is 42.7 Å². The third kappa shape index (κ3) is 4.70. The Balaban J connectivity index is 1.34. The first-order chi connectivity index (χ1) is 18.4. The lowest BCUT2D eigenvalue weighted by Crippen LogP contribution is -2.49. The van der Waals surface area contributed by atoms with E-state index in [1.165, 1.54) is 11.2 Å². The van der Waals surface area contributed by atoms with Gasteiger partial charge in [-0.3, -0.25) is 15.0 Å². The Hall–Kier alpha value is -4.30. The first-order valence-electron chi connectivity index (χ1n) is 11.9. The zero-order valence-corrected chi connectivity index (χ0v) is 20.2. The average molecular weight is 522 g/mol. The molecule has 0 aliphatic carbocycles. The number of carbonyl (C=O) groups is 2. The Morgan fingerprint density at radius 1 is 1.08 bits per heavy atom. The molecule has 2 unspecified atom stereocenters. The predicted molar refractivity (Wildman–Crippen MR) is 136 cm³/mol. The SMILES string of the molecule is NC[C@H]1O[C@@H](N2CN(C(=O)NC(=O)c3ccccc3OCc3ccccc3)c3c(N)ncnc32)C(O)C1O. The Bertz CT molecular complexity index is 1330. The number of anilines is 3. The van der Waals surface area contributed by atoms with E-state index in [4.69, 9.17) is 20.9 Å². The van der Waals surface area contributed by atoms with Crippen LogP contribution in [0.15, 0.2) is 60.9 Å². The smallest absolute Gasteiger partial charge is 0.330 e. The molecule has 2 aliphatic rings. The van der Waals surface area contributed by atoms with E-state index in [2.05, 4.69) is 15.3 Å². The Morgan fingerprint density at radius 3 is 2.55 bits per heavy atom. The molecule has 0 spiro atoms. The molecule has 13 heteroatoms. The van der Waals surface area contributed by atoms with E-state index in [0.717, 1.165) is 10.5 Å². The normalized spacial score (nSPS) is 22.3. The van der Waals surface area contributed by atoms with Crippen LogP contribution in [0.4, 0.5) is 22.1 Å². The van der Waals surface area contributed by atoms with Gasteiger partial charge in [-0.25, -0.2) is 14.8 Å². The number of urea groups is 1. The van der Waals surface area contributed by atoms with Gasteiger partial charge in [0.25, 0.3) is 5.91 Å². The van der Waals surface area contributed by atoms with Crippen LogP contribution in [-0.2, 0) is 11.3 Å². The largest absolute Gasteiger partial charge is 0.488 e. The van der Waals surface area contributed by atoms with Gasteiger partial charge in [-0.05, 0) is 17.7 Å². The molecule has 3 amide bonds. The quantitative estimate of drug-likeness (QED) is 0.297. The summed E-state index contributed by atoms with van der Waals surface area (Å²) >= 11 is 0. The number of nitrogens with one attached hydrogen (secondary N) is 1. The van der Waals surface area contributed by atoms with Crippen LogP contribution in [0.3, 0.4) is 0 Å². The number of hydrogen-bond acceptors (Lipinski definition) is 11. The minimum absolute atomic E-state index is 0.0184. The summed E-state index contributed by atoms with van der Waals surface area (Å²) in [4.78, 5) is 37.2. The summed E-state index contributed by atoms with van der Waals surface area (Å²) in [6.45, 7) is 0.0296. The third-order valence-corrected chi connectivity index (χ3v) is 6.38. The van der Waals surface area contributed by atoms with Crippen LogP contribution in [0.5, 0.6) is 5.75 Å². The highest BCUT2D eigenvalue weighted by Crippen LogP contribution is 2.41. The van der Waals surface area contributed by atoms with E-state index in [0.29, 0.717) is 5.75 Å². The van der Waals surface area contributed by atoms with E-state index in [1.54, 1.807) is 24.3 Å². The van der Waals surface area contributed by atoms with Crippen LogP contribution in [0.25, 0.3) is 0 Å². The maximum atomic E-state index is 13.3. The molecule has 1 fully saturated rings. The molecule has 2 aliphatic heterocycles. The molecule has 3 aromatic rings. The first kappa shape index (κ1) is 25.4. The molecule has 4 atom stereocenters. The van der Waals surface area contributed by atoms with Crippen molar-refractivity contribution in [3.63, 3.8) is 0 Å². The Labute approximate surface area is 217 Å². The number of fused-ring (bicyclic) bond motifs is 1. The number of imide groups is 1. The summed E-state index contributed by atoms with van der Waals surface area (Å²) in [6.07, 6.45) is -3.23. The average Bonchev–Trinajstić information content (AvgIpc) is 3.46. The minimum Gasteiger partial charge on any atom is -0.488 e. The van der Waals surface area contributed by atoms with Crippen LogP contribution in [0.1, 0.15) is 15.9 Å². The molecule has 5 rings (SSSR count). The molecule has 0 radical (unpaired) electrons. The second-order valence-electron chi connectivity index (χ2n) is 8.78. The van der Waals surface area contributed by atoms with Crippen molar-refractivity contribution in [3.8, 4) is 5.75 Å². The molecule has 0 saturated carbocycles. The summed E-state index contributed by atoms with van der Waals surface area (Å²) < 4.78 is 11.6. The van der Waals surface area contributed by atoms with Crippen molar-refractivity contribution in [2.24, 2.45) is 5.73 Å². The van der Waals surface area contributed by atoms with Crippen LogP contribution in [-0.4, -0.2) is 69.9 Å². The summed E-state index contributed by atoms with van der Waals surface area (Å²) in [6, 6.07) is 15.2. The van der Waals surface area contributed by atoms with E-state index >= 15 is 0 Å². The number of nitrogens with zero attached hydrogens (tertiary/aromatic N) is 4. The van der Waals surface area contributed by atoms with Crippen LogP contribution in [0.2, 0.25) is 0 Å². The molecule has 13 nitrogen and oxygen atoms in total. The highest BCUT2D eigenvalue weighted by molar-refractivity contribution is 6.12. The molecule has 1 saturated heterocycles. The lowest BCUT2D eigenvalue weighted by molar-refractivity contribution is 0.0118. The molecule has 1 aromatic heterocycles. The predicted octanol–water partition coefficient (Wildman–Crippen LogP) is 0.177. The minimum atomic E-state index is -1.33. The lowest BCUT2D eigenvalue weighted by atomic mass is 10.1. The lowest BCUT2D eigenvalue weighted by Gasteiger charge is -2.27. The third-order valence-electron chi connectivity index (χ3n) is 6.38. The van der Waals surface area contributed by atoms with Crippen molar-refractivity contribution in [1.29, 1.82) is 0 Å². The van der Waals surface area contributed by atoms with E-state index in [1.807, 2.05) is 30.3 Å². The van der Waals surface area contributed by atoms with Gasteiger partial charge in [0.2, 0.25) is 0 Å².